The summed E-state index contributed by atoms with van der Waals surface area (Å²) in [6, 6.07) is 16.3. The van der Waals surface area contributed by atoms with Gasteiger partial charge in [-0.2, -0.15) is 0 Å². The van der Waals surface area contributed by atoms with E-state index in [0.717, 1.165) is 0 Å². The van der Waals surface area contributed by atoms with Crippen molar-refractivity contribution in [2.24, 2.45) is 0 Å². The fourth-order valence-corrected chi connectivity index (χ4v) is 2.98. The maximum atomic E-state index is 12.3. The summed E-state index contributed by atoms with van der Waals surface area (Å²) >= 11 is 12.0. The third kappa shape index (κ3) is 4.94. The Morgan fingerprint density at radius 1 is 0.933 bits per heavy atom. The number of rotatable bonds is 7. The van der Waals surface area contributed by atoms with E-state index < -0.39 is 23.3 Å². The van der Waals surface area contributed by atoms with Gasteiger partial charge < -0.3 is 9.47 Å². The monoisotopic (exact) mass is 445 g/mol. The molecule has 0 aliphatic heterocycles. The number of hydrogen-bond acceptors (Lipinski definition) is 6. The zero-order valence-corrected chi connectivity index (χ0v) is 16.7. The quantitative estimate of drug-likeness (QED) is 0.199. The molecular formula is C21H13Cl2NO6. The Kier molecular flexibility index (Phi) is 6.66. The van der Waals surface area contributed by atoms with Crippen LogP contribution >= 0.6 is 23.2 Å². The van der Waals surface area contributed by atoms with Crippen LogP contribution in [0.5, 0.6) is 11.5 Å². The molecule has 3 aromatic carbocycles. The lowest BCUT2D eigenvalue weighted by molar-refractivity contribution is -0.385. The third-order valence-corrected chi connectivity index (χ3v) is 4.57. The van der Waals surface area contributed by atoms with Crippen molar-refractivity contribution < 1.29 is 24.0 Å². The molecule has 0 heterocycles. The molecule has 3 aromatic rings. The van der Waals surface area contributed by atoms with Crippen molar-refractivity contribution in [1.29, 1.82) is 0 Å². The number of ketones is 1. The molecule has 9 heteroatoms. The lowest BCUT2D eigenvalue weighted by atomic mass is 10.1. The smallest absolute Gasteiger partial charge is 0.338 e. The summed E-state index contributed by atoms with van der Waals surface area (Å²) in [5.74, 6) is -1.23. The number of carbonyl (C=O) groups excluding carboxylic acids is 2. The molecule has 0 fully saturated rings. The molecule has 3 rings (SSSR count). The van der Waals surface area contributed by atoms with Gasteiger partial charge in [-0.3, -0.25) is 14.9 Å². The first-order chi connectivity index (χ1) is 14.4. The zero-order valence-electron chi connectivity index (χ0n) is 15.2. The molecule has 0 saturated carbocycles. The van der Waals surface area contributed by atoms with E-state index in [1.807, 2.05) is 0 Å². The summed E-state index contributed by atoms with van der Waals surface area (Å²) < 4.78 is 10.6. The minimum Gasteiger partial charge on any atom is -0.454 e. The van der Waals surface area contributed by atoms with Crippen molar-refractivity contribution in [2.45, 2.75) is 0 Å². The molecular weight excluding hydrogens is 433 g/mol. The van der Waals surface area contributed by atoms with Gasteiger partial charge in [-0.25, -0.2) is 4.79 Å². The summed E-state index contributed by atoms with van der Waals surface area (Å²) in [4.78, 5) is 35.1. The van der Waals surface area contributed by atoms with E-state index in [0.29, 0.717) is 0 Å². The van der Waals surface area contributed by atoms with E-state index in [1.165, 1.54) is 48.5 Å². The lowest BCUT2D eigenvalue weighted by Crippen LogP contribution is -2.14. The maximum Gasteiger partial charge on any atom is 0.338 e. The maximum absolute atomic E-state index is 12.3. The fraction of sp³-hybridized carbons (Fsp3) is 0.0476. The lowest BCUT2D eigenvalue weighted by Gasteiger charge is -2.10. The number of hydrogen-bond donors (Lipinski definition) is 0. The summed E-state index contributed by atoms with van der Waals surface area (Å²) in [6.45, 7) is -0.496. The van der Waals surface area contributed by atoms with Crippen LogP contribution in [-0.2, 0) is 4.74 Å². The van der Waals surface area contributed by atoms with Gasteiger partial charge in [0.25, 0.3) is 0 Å². The van der Waals surface area contributed by atoms with Gasteiger partial charge in [-0.1, -0.05) is 47.5 Å². The van der Waals surface area contributed by atoms with Gasteiger partial charge in [-0.05, 0) is 36.4 Å². The Morgan fingerprint density at radius 2 is 1.63 bits per heavy atom. The normalized spacial score (nSPS) is 10.3. The van der Waals surface area contributed by atoms with Crippen LogP contribution in [0.25, 0.3) is 0 Å². The molecule has 0 unspecified atom stereocenters. The predicted molar refractivity (Wildman–Crippen MR) is 111 cm³/mol. The SMILES string of the molecule is O=C(OCC(=O)c1ccccc1Cl)c1cccc(Oc2c(Cl)cccc2[N+](=O)[O-])c1. The standard InChI is InChI=1S/C21H13Cl2NO6/c22-16-8-2-1-7-15(16)19(25)12-29-21(26)13-5-3-6-14(11-13)30-20-17(23)9-4-10-18(20)24(27)28/h1-11H,12H2. The molecule has 0 radical (unpaired) electrons. The minimum atomic E-state index is -0.769. The van der Waals surface area contributed by atoms with Crippen LogP contribution in [0, 0.1) is 10.1 Å². The molecule has 0 N–H and O–H groups in total. The molecule has 0 atom stereocenters. The Labute approximate surface area is 180 Å². The van der Waals surface area contributed by atoms with Gasteiger partial charge in [0, 0.05) is 11.6 Å². The van der Waals surface area contributed by atoms with Crippen LogP contribution in [0.3, 0.4) is 0 Å². The molecule has 30 heavy (non-hydrogen) atoms. The predicted octanol–water partition coefficient (Wildman–Crippen LogP) is 5.73. The van der Waals surface area contributed by atoms with E-state index in [2.05, 4.69) is 0 Å². The zero-order chi connectivity index (χ0) is 21.7. The minimum absolute atomic E-state index is 0.0440. The number of carbonyl (C=O) groups is 2. The molecule has 0 aliphatic carbocycles. The highest BCUT2D eigenvalue weighted by Crippen LogP contribution is 2.37. The van der Waals surface area contributed by atoms with E-state index in [-0.39, 0.29) is 38.4 Å². The number of para-hydroxylation sites is 1. The number of esters is 1. The van der Waals surface area contributed by atoms with E-state index in [4.69, 9.17) is 32.7 Å². The molecule has 0 aliphatic rings. The number of nitro benzene ring substituents is 1. The Bertz CT molecular complexity index is 1130. The van der Waals surface area contributed by atoms with Crippen LogP contribution in [0.2, 0.25) is 10.0 Å². The van der Waals surface area contributed by atoms with Crippen LogP contribution in [-0.4, -0.2) is 23.3 Å². The van der Waals surface area contributed by atoms with Crippen molar-refractivity contribution in [3.8, 4) is 11.5 Å². The summed E-state index contributed by atoms with van der Waals surface area (Å²) in [5, 5.41) is 11.5. The number of Topliss-reactive ketones (excluding diaryl/α,β-unsaturated/α-hetero) is 1. The van der Waals surface area contributed by atoms with Crippen molar-refractivity contribution >= 4 is 40.6 Å². The highest BCUT2D eigenvalue weighted by molar-refractivity contribution is 6.34. The average molecular weight is 446 g/mol. The second-order valence-electron chi connectivity index (χ2n) is 5.95. The largest absolute Gasteiger partial charge is 0.454 e. The van der Waals surface area contributed by atoms with Crippen LogP contribution in [0.15, 0.2) is 66.7 Å². The number of halogens is 2. The van der Waals surface area contributed by atoms with Gasteiger partial charge in [-0.15, -0.1) is 0 Å². The summed E-state index contributed by atoms with van der Waals surface area (Å²) in [7, 11) is 0. The van der Waals surface area contributed by atoms with E-state index in [9.17, 15) is 19.7 Å². The fourth-order valence-electron chi connectivity index (χ4n) is 2.53. The van der Waals surface area contributed by atoms with Gasteiger partial charge >= 0.3 is 11.7 Å². The van der Waals surface area contributed by atoms with Crippen LogP contribution in [0.1, 0.15) is 20.7 Å². The van der Waals surface area contributed by atoms with Gasteiger partial charge in [0.1, 0.15) is 5.75 Å². The molecule has 0 amide bonds. The van der Waals surface area contributed by atoms with Crippen molar-refractivity contribution in [3.05, 3.63) is 98.0 Å². The van der Waals surface area contributed by atoms with E-state index >= 15 is 0 Å². The Balaban J connectivity index is 1.73. The first-order valence-electron chi connectivity index (χ1n) is 8.52. The van der Waals surface area contributed by atoms with Crippen molar-refractivity contribution in [2.75, 3.05) is 6.61 Å². The Hall–Kier alpha value is -3.42. The van der Waals surface area contributed by atoms with Crippen molar-refractivity contribution in [1.82, 2.24) is 0 Å². The number of benzene rings is 3. The molecule has 0 bridgehead atoms. The average Bonchev–Trinajstić information content (AvgIpc) is 2.73. The second kappa shape index (κ2) is 9.39. The highest BCUT2D eigenvalue weighted by atomic mass is 35.5. The van der Waals surface area contributed by atoms with E-state index in [1.54, 1.807) is 18.2 Å². The van der Waals surface area contributed by atoms with Gasteiger partial charge in [0.2, 0.25) is 11.5 Å². The molecule has 152 valence electrons. The van der Waals surface area contributed by atoms with Crippen molar-refractivity contribution in [3.63, 3.8) is 0 Å². The highest BCUT2D eigenvalue weighted by Gasteiger charge is 2.20. The Morgan fingerprint density at radius 3 is 2.37 bits per heavy atom. The summed E-state index contributed by atoms with van der Waals surface area (Å²) in [5.41, 5.74) is 0.0186. The third-order valence-electron chi connectivity index (χ3n) is 3.94. The first-order valence-corrected chi connectivity index (χ1v) is 9.28. The van der Waals surface area contributed by atoms with Crippen LogP contribution in [0.4, 0.5) is 5.69 Å². The molecule has 0 saturated heterocycles. The van der Waals surface area contributed by atoms with Gasteiger partial charge in [0.05, 0.1) is 20.5 Å². The van der Waals surface area contributed by atoms with Gasteiger partial charge in [0.15, 0.2) is 6.61 Å². The topological polar surface area (TPSA) is 95.7 Å². The van der Waals surface area contributed by atoms with Crippen LogP contribution < -0.4 is 4.74 Å². The number of ether oxygens (including phenoxy) is 2. The molecule has 0 spiro atoms. The second-order valence-corrected chi connectivity index (χ2v) is 6.77. The number of nitro groups is 1. The number of nitrogens with zero attached hydrogens (tertiary/aromatic N) is 1. The molecule has 0 aromatic heterocycles. The first kappa shape index (κ1) is 21.3. The summed E-state index contributed by atoms with van der Waals surface area (Å²) in [6.07, 6.45) is 0. The molecule has 7 nitrogen and oxygen atoms in total.